The van der Waals surface area contributed by atoms with Crippen molar-refractivity contribution in [2.24, 2.45) is 17.5 Å². The van der Waals surface area contributed by atoms with Crippen LogP contribution in [-0.4, -0.2) is 60.5 Å². The van der Waals surface area contributed by atoms with Crippen molar-refractivity contribution in [1.29, 1.82) is 0 Å². The zero-order chi connectivity index (χ0) is 16.2. The van der Waals surface area contributed by atoms with E-state index in [0.717, 1.165) is 23.2 Å². The molecule has 1 aliphatic heterocycles. The molecule has 2 N–H and O–H groups in total. The molecule has 0 aromatic carbocycles. The summed E-state index contributed by atoms with van der Waals surface area (Å²) in [6.07, 6.45) is 1.89. The molecule has 1 saturated heterocycles. The number of nitrogens with zero attached hydrogens (tertiary/aromatic N) is 3. The molecule has 1 fully saturated rings. The fourth-order valence-corrected chi connectivity index (χ4v) is 2.65. The van der Waals surface area contributed by atoms with Crippen LogP contribution in [-0.2, 0) is 18.3 Å². The Hall–Kier alpha value is -1.24. The van der Waals surface area contributed by atoms with Crippen LogP contribution < -0.4 is 5.32 Å². The van der Waals surface area contributed by atoms with Gasteiger partial charge in [-0.15, -0.1) is 0 Å². The molecule has 0 aliphatic carbocycles. The monoisotopic (exact) mass is 328 g/mol. The van der Waals surface area contributed by atoms with Crippen LogP contribution in [0.2, 0.25) is 5.02 Å². The van der Waals surface area contributed by atoms with E-state index in [-0.39, 0.29) is 12.0 Å². The number of guanidine groups is 1. The molecule has 6 nitrogen and oxygen atoms in total. The third-order valence-electron chi connectivity index (χ3n) is 3.89. The van der Waals surface area contributed by atoms with Crippen LogP contribution in [0, 0.1) is 5.41 Å². The van der Waals surface area contributed by atoms with Crippen molar-refractivity contribution in [2.45, 2.75) is 13.5 Å². The quantitative estimate of drug-likeness (QED) is 0.606. The van der Waals surface area contributed by atoms with Crippen LogP contribution in [0.1, 0.15) is 12.6 Å². The maximum atomic E-state index is 9.49. The molecule has 0 atom stereocenters. The van der Waals surface area contributed by atoms with E-state index in [1.54, 1.807) is 0 Å². The smallest absolute Gasteiger partial charge is 0.194 e. The molecule has 1 aliphatic rings. The van der Waals surface area contributed by atoms with Crippen molar-refractivity contribution in [3.63, 3.8) is 0 Å². The number of aliphatic hydroxyl groups excluding tert-OH is 1. The number of aryl methyl sites for hydroxylation is 1. The molecule has 22 heavy (non-hydrogen) atoms. The Labute approximate surface area is 136 Å². The van der Waals surface area contributed by atoms with Crippen molar-refractivity contribution >= 4 is 17.6 Å². The molecule has 2 heterocycles. The highest BCUT2D eigenvalue weighted by molar-refractivity contribution is 6.30. The van der Waals surface area contributed by atoms with Gasteiger partial charge in [-0.25, -0.2) is 0 Å². The van der Waals surface area contributed by atoms with Gasteiger partial charge in [0, 0.05) is 32.5 Å². The van der Waals surface area contributed by atoms with Gasteiger partial charge >= 0.3 is 0 Å². The molecule has 124 valence electrons. The minimum Gasteiger partial charge on any atom is -0.396 e. The standard InChI is InChI=1S/C15H25ClN4O2/c1-4-17-14(18-8-15(9-21)10-22-11-15)20(3)7-13-5-12(16)6-19(13)2/h5-6,21H,4,7-11H2,1-3H3,(H,17,18). The lowest BCUT2D eigenvalue weighted by atomic mass is 9.87. The molecule has 2 rings (SSSR count). The predicted molar refractivity (Wildman–Crippen MR) is 88.2 cm³/mol. The maximum absolute atomic E-state index is 9.49. The molecular formula is C15H25ClN4O2. The maximum Gasteiger partial charge on any atom is 0.194 e. The van der Waals surface area contributed by atoms with E-state index in [2.05, 4.69) is 15.2 Å². The van der Waals surface area contributed by atoms with Crippen LogP contribution in [0.3, 0.4) is 0 Å². The molecule has 0 unspecified atom stereocenters. The minimum atomic E-state index is -0.213. The van der Waals surface area contributed by atoms with E-state index in [4.69, 9.17) is 16.3 Å². The SMILES string of the molecule is CCNC(=NCC1(CO)COC1)N(C)Cc1cc(Cl)cn1C. The van der Waals surface area contributed by atoms with E-state index in [9.17, 15) is 5.11 Å². The second-order valence-corrected chi connectivity index (χ2v) is 6.37. The Morgan fingerprint density at radius 2 is 2.32 bits per heavy atom. The summed E-state index contributed by atoms with van der Waals surface area (Å²) < 4.78 is 7.23. The summed E-state index contributed by atoms with van der Waals surface area (Å²) in [7, 11) is 3.97. The molecule has 0 radical (unpaired) electrons. The Morgan fingerprint density at radius 1 is 1.59 bits per heavy atom. The summed E-state index contributed by atoms with van der Waals surface area (Å²) >= 11 is 6.03. The summed E-state index contributed by atoms with van der Waals surface area (Å²) in [5.74, 6) is 0.819. The molecule has 0 amide bonds. The molecule has 0 saturated carbocycles. The highest BCUT2D eigenvalue weighted by Crippen LogP contribution is 2.27. The third kappa shape index (κ3) is 3.94. The molecule has 0 spiro atoms. The minimum absolute atomic E-state index is 0.104. The first-order chi connectivity index (χ1) is 10.5. The van der Waals surface area contributed by atoms with Gasteiger partial charge in [-0.05, 0) is 13.0 Å². The van der Waals surface area contributed by atoms with Gasteiger partial charge in [-0.2, -0.15) is 0 Å². The first-order valence-electron chi connectivity index (χ1n) is 7.48. The van der Waals surface area contributed by atoms with Gasteiger partial charge < -0.3 is 24.6 Å². The summed E-state index contributed by atoms with van der Waals surface area (Å²) in [6, 6.07) is 1.95. The lowest BCUT2D eigenvalue weighted by molar-refractivity contribution is -0.130. The molecule has 7 heteroatoms. The van der Waals surface area contributed by atoms with Gasteiger partial charge in [0.05, 0.1) is 43.3 Å². The van der Waals surface area contributed by atoms with Crippen LogP contribution in [0.25, 0.3) is 0 Å². The van der Waals surface area contributed by atoms with Crippen molar-refractivity contribution in [2.75, 3.05) is 40.0 Å². The molecule has 0 bridgehead atoms. The Kier molecular flexibility index (Phi) is 5.72. The highest BCUT2D eigenvalue weighted by Gasteiger charge is 2.38. The Balaban J connectivity index is 2.04. The molecule has 1 aromatic rings. The van der Waals surface area contributed by atoms with E-state index >= 15 is 0 Å². The van der Waals surface area contributed by atoms with Gasteiger partial charge in [0.25, 0.3) is 0 Å². The number of hydrogen-bond acceptors (Lipinski definition) is 3. The van der Waals surface area contributed by atoms with Gasteiger partial charge in [-0.3, -0.25) is 4.99 Å². The van der Waals surface area contributed by atoms with Gasteiger partial charge in [0.15, 0.2) is 5.96 Å². The zero-order valence-corrected chi connectivity index (χ0v) is 14.2. The van der Waals surface area contributed by atoms with Gasteiger partial charge in [-0.1, -0.05) is 11.6 Å². The first kappa shape index (κ1) is 17.1. The normalized spacial score (nSPS) is 17.2. The lowest BCUT2D eigenvalue weighted by Crippen LogP contribution is -2.49. The van der Waals surface area contributed by atoms with Crippen molar-refractivity contribution in [3.8, 4) is 0 Å². The predicted octanol–water partition coefficient (Wildman–Crippen LogP) is 1.08. The van der Waals surface area contributed by atoms with Crippen LogP contribution in [0.15, 0.2) is 17.3 Å². The Bertz CT molecular complexity index is 520. The fraction of sp³-hybridized carbons (Fsp3) is 0.667. The number of ether oxygens (including phenoxy) is 1. The number of aromatic nitrogens is 1. The largest absolute Gasteiger partial charge is 0.396 e. The van der Waals surface area contributed by atoms with Crippen LogP contribution >= 0.6 is 11.6 Å². The van der Waals surface area contributed by atoms with E-state index < -0.39 is 0 Å². The summed E-state index contributed by atoms with van der Waals surface area (Å²) in [5.41, 5.74) is 0.900. The van der Waals surface area contributed by atoms with Gasteiger partial charge in [0.2, 0.25) is 0 Å². The van der Waals surface area contributed by atoms with Crippen LogP contribution in [0.4, 0.5) is 0 Å². The van der Waals surface area contributed by atoms with Crippen molar-refractivity contribution in [1.82, 2.24) is 14.8 Å². The Morgan fingerprint density at radius 3 is 2.77 bits per heavy atom. The zero-order valence-electron chi connectivity index (χ0n) is 13.5. The summed E-state index contributed by atoms with van der Waals surface area (Å²) in [4.78, 5) is 6.72. The lowest BCUT2D eigenvalue weighted by Gasteiger charge is -2.38. The topological polar surface area (TPSA) is 62.0 Å². The second-order valence-electron chi connectivity index (χ2n) is 5.94. The first-order valence-corrected chi connectivity index (χ1v) is 7.86. The number of aliphatic hydroxyl groups is 1. The van der Waals surface area contributed by atoms with E-state index in [1.807, 2.05) is 37.8 Å². The van der Waals surface area contributed by atoms with Crippen molar-refractivity contribution in [3.05, 3.63) is 23.0 Å². The van der Waals surface area contributed by atoms with Crippen molar-refractivity contribution < 1.29 is 9.84 Å². The number of rotatable bonds is 6. The summed E-state index contributed by atoms with van der Waals surface area (Å²) in [5, 5.41) is 13.5. The summed E-state index contributed by atoms with van der Waals surface area (Å²) in [6.45, 7) is 5.35. The average Bonchev–Trinajstić information content (AvgIpc) is 2.74. The van der Waals surface area contributed by atoms with E-state index in [1.165, 1.54) is 0 Å². The highest BCUT2D eigenvalue weighted by atomic mass is 35.5. The fourth-order valence-electron chi connectivity index (χ4n) is 2.38. The van der Waals surface area contributed by atoms with Crippen LogP contribution in [0.5, 0.6) is 0 Å². The van der Waals surface area contributed by atoms with E-state index in [0.29, 0.717) is 26.3 Å². The number of nitrogens with one attached hydrogen (secondary N) is 1. The molecule has 1 aromatic heterocycles. The number of hydrogen-bond donors (Lipinski definition) is 2. The second kappa shape index (κ2) is 7.35. The molecular weight excluding hydrogens is 304 g/mol. The van der Waals surface area contributed by atoms with Gasteiger partial charge in [0.1, 0.15) is 0 Å². The number of aliphatic imine (C=N–C) groups is 1. The number of halogens is 1. The average molecular weight is 329 g/mol. The third-order valence-corrected chi connectivity index (χ3v) is 4.09.